The highest BCUT2D eigenvalue weighted by molar-refractivity contribution is 5.83. The second kappa shape index (κ2) is 7.40. The van der Waals surface area contributed by atoms with Crippen molar-refractivity contribution in [3.8, 4) is 5.75 Å². The van der Waals surface area contributed by atoms with Gasteiger partial charge < -0.3 is 14.8 Å². The van der Waals surface area contributed by atoms with Crippen LogP contribution in [0, 0.1) is 6.92 Å². The minimum Gasteiger partial charge on any atom is -0.496 e. The Morgan fingerprint density at radius 3 is 2.84 bits per heavy atom. The molecule has 25 heavy (non-hydrogen) atoms. The molecule has 5 heteroatoms. The number of carbonyl (C=O) groups is 1. The average Bonchev–Trinajstić information content (AvgIpc) is 3.19. The minimum absolute atomic E-state index is 0.250. The third-order valence-electron chi connectivity index (χ3n) is 4.54. The van der Waals surface area contributed by atoms with Crippen LogP contribution in [0.2, 0.25) is 0 Å². The summed E-state index contributed by atoms with van der Waals surface area (Å²) in [5.74, 6) is 1.01. The molecule has 0 bridgehead atoms. The topological polar surface area (TPSA) is 65.6 Å². The lowest BCUT2D eigenvalue weighted by atomic mass is 10.1. The van der Waals surface area contributed by atoms with Crippen LogP contribution >= 0.6 is 0 Å². The quantitative estimate of drug-likeness (QED) is 0.715. The average molecular weight is 338 g/mol. The van der Waals surface area contributed by atoms with E-state index in [0.717, 1.165) is 25.4 Å². The Hall–Kier alpha value is -2.79. The summed E-state index contributed by atoms with van der Waals surface area (Å²) >= 11 is 0. The molecule has 4 rings (SSSR count). The van der Waals surface area contributed by atoms with Crippen molar-refractivity contribution in [1.29, 1.82) is 0 Å². The van der Waals surface area contributed by atoms with Gasteiger partial charge in [-0.2, -0.15) is 0 Å². The van der Waals surface area contributed by atoms with Crippen LogP contribution in [-0.2, 0) is 24.4 Å². The summed E-state index contributed by atoms with van der Waals surface area (Å²) in [6.07, 6.45) is 2.14. The molecule has 0 saturated heterocycles. The van der Waals surface area contributed by atoms with Crippen LogP contribution in [-0.4, -0.2) is 28.6 Å². The van der Waals surface area contributed by atoms with Gasteiger partial charge in [0.1, 0.15) is 5.75 Å². The summed E-state index contributed by atoms with van der Waals surface area (Å²) in [4.78, 5) is 14.2. The van der Waals surface area contributed by atoms with Crippen molar-refractivity contribution < 1.29 is 14.6 Å². The molecular formula is C20H22N2O3. The number of rotatable bonds is 3. The van der Waals surface area contributed by atoms with E-state index >= 15 is 0 Å². The molecule has 0 aliphatic carbocycles. The predicted octanol–water partition coefficient (Wildman–Crippen LogP) is 3.70. The predicted molar refractivity (Wildman–Crippen MR) is 97.7 cm³/mol. The molecule has 130 valence electrons. The Balaban J connectivity index is 0.000000569. The van der Waals surface area contributed by atoms with Crippen LogP contribution in [0.3, 0.4) is 0 Å². The van der Waals surface area contributed by atoms with Gasteiger partial charge in [0, 0.05) is 42.3 Å². The molecule has 5 nitrogen and oxygen atoms in total. The molecule has 0 unspecified atom stereocenters. The molecule has 0 saturated carbocycles. The van der Waals surface area contributed by atoms with Gasteiger partial charge in [-0.15, -0.1) is 0 Å². The fourth-order valence-corrected chi connectivity index (χ4v) is 3.43. The van der Waals surface area contributed by atoms with E-state index in [1.807, 2.05) is 0 Å². The summed E-state index contributed by atoms with van der Waals surface area (Å²) in [5.41, 5.74) is 6.60. The third kappa shape index (κ3) is 3.51. The Morgan fingerprint density at radius 1 is 1.28 bits per heavy atom. The second-order valence-corrected chi connectivity index (χ2v) is 6.21. The lowest BCUT2D eigenvalue weighted by molar-refractivity contribution is -0.122. The highest BCUT2D eigenvalue weighted by atomic mass is 16.5. The molecule has 0 atom stereocenters. The number of hydrogen-bond donors (Lipinski definition) is 2. The summed E-state index contributed by atoms with van der Waals surface area (Å²) in [6, 6.07) is 12.9. The maximum absolute atomic E-state index is 8.36. The Labute approximate surface area is 146 Å². The number of hydrogen-bond acceptors (Lipinski definition) is 3. The highest BCUT2D eigenvalue weighted by Gasteiger charge is 2.22. The standard InChI is InChI=1S/C19H20N2O.CH2O2/c1-13-6-7-16-15(9-20-18(16)8-13)11-21-10-14-4-3-5-19(22-2)17(14)12-21;2-1-3/h3-9,20H,10-12H2,1-2H3;1H,(H,2,3). The molecule has 0 fully saturated rings. The number of nitrogens with one attached hydrogen (secondary N) is 1. The highest BCUT2D eigenvalue weighted by Crippen LogP contribution is 2.32. The molecule has 0 amide bonds. The number of carboxylic acid groups (broad SMARTS) is 1. The van der Waals surface area contributed by atoms with Crippen molar-refractivity contribution in [2.45, 2.75) is 26.6 Å². The largest absolute Gasteiger partial charge is 0.496 e. The number of fused-ring (bicyclic) bond motifs is 2. The van der Waals surface area contributed by atoms with Gasteiger partial charge in [0.2, 0.25) is 0 Å². The van der Waals surface area contributed by atoms with Crippen molar-refractivity contribution in [2.75, 3.05) is 7.11 Å². The molecule has 1 aromatic heterocycles. The minimum atomic E-state index is -0.250. The number of H-pyrrole nitrogens is 1. The van der Waals surface area contributed by atoms with Gasteiger partial charge in [0.15, 0.2) is 0 Å². The van der Waals surface area contributed by atoms with Gasteiger partial charge in [0.05, 0.1) is 7.11 Å². The van der Waals surface area contributed by atoms with E-state index in [1.54, 1.807) is 7.11 Å². The van der Waals surface area contributed by atoms with Crippen LogP contribution in [0.25, 0.3) is 10.9 Å². The summed E-state index contributed by atoms with van der Waals surface area (Å²) in [5, 5.41) is 8.22. The SMILES string of the molecule is COc1cccc2c1CN(Cc1c[nH]c3cc(C)ccc13)C2.O=CO. The number of ether oxygens (including phenoxy) is 1. The van der Waals surface area contributed by atoms with Crippen molar-refractivity contribution in [2.24, 2.45) is 0 Å². The summed E-state index contributed by atoms with van der Waals surface area (Å²) < 4.78 is 5.49. The third-order valence-corrected chi connectivity index (χ3v) is 4.54. The van der Waals surface area contributed by atoms with Gasteiger partial charge in [-0.25, -0.2) is 0 Å². The molecule has 3 aromatic rings. The maximum atomic E-state index is 8.36. The monoisotopic (exact) mass is 338 g/mol. The summed E-state index contributed by atoms with van der Waals surface area (Å²) in [7, 11) is 1.75. The van der Waals surface area contributed by atoms with Crippen LogP contribution in [0.5, 0.6) is 5.75 Å². The van der Waals surface area contributed by atoms with E-state index in [1.165, 1.54) is 33.2 Å². The van der Waals surface area contributed by atoms with Crippen molar-refractivity contribution >= 4 is 17.4 Å². The smallest absolute Gasteiger partial charge is 0.290 e. The number of aryl methyl sites for hydroxylation is 1. The second-order valence-electron chi connectivity index (χ2n) is 6.21. The van der Waals surface area contributed by atoms with Crippen LogP contribution in [0.1, 0.15) is 22.3 Å². The normalized spacial score (nSPS) is 13.2. The van der Waals surface area contributed by atoms with Crippen LogP contribution in [0.4, 0.5) is 0 Å². The van der Waals surface area contributed by atoms with Gasteiger partial charge in [-0.1, -0.05) is 24.3 Å². The van der Waals surface area contributed by atoms with Crippen LogP contribution < -0.4 is 4.74 Å². The molecular weight excluding hydrogens is 316 g/mol. The fraction of sp³-hybridized carbons (Fsp3) is 0.250. The first kappa shape index (κ1) is 17.0. The fourth-order valence-electron chi connectivity index (χ4n) is 3.43. The van der Waals surface area contributed by atoms with E-state index in [0.29, 0.717) is 0 Å². The number of nitrogens with zero attached hydrogens (tertiary/aromatic N) is 1. The zero-order valence-electron chi connectivity index (χ0n) is 14.5. The zero-order valence-corrected chi connectivity index (χ0v) is 14.5. The Bertz CT molecular complexity index is 886. The molecule has 1 aliphatic heterocycles. The summed E-state index contributed by atoms with van der Waals surface area (Å²) in [6.45, 7) is 4.78. The first-order chi connectivity index (χ1) is 12.2. The molecule has 2 N–H and O–H groups in total. The Kier molecular flexibility index (Phi) is 5.05. The molecule has 2 heterocycles. The lowest BCUT2D eigenvalue weighted by Gasteiger charge is -2.14. The van der Waals surface area contributed by atoms with E-state index in [2.05, 4.69) is 59.4 Å². The molecule has 1 aliphatic rings. The van der Waals surface area contributed by atoms with E-state index in [4.69, 9.17) is 14.6 Å². The number of benzene rings is 2. The lowest BCUT2D eigenvalue weighted by Crippen LogP contribution is -2.15. The first-order valence-corrected chi connectivity index (χ1v) is 8.18. The van der Waals surface area contributed by atoms with E-state index in [9.17, 15) is 0 Å². The molecule has 2 aromatic carbocycles. The van der Waals surface area contributed by atoms with Crippen molar-refractivity contribution in [1.82, 2.24) is 9.88 Å². The van der Waals surface area contributed by atoms with E-state index in [-0.39, 0.29) is 6.47 Å². The van der Waals surface area contributed by atoms with Gasteiger partial charge >= 0.3 is 0 Å². The van der Waals surface area contributed by atoms with Crippen LogP contribution in [0.15, 0.2) is 42.6 Å². The van der Waals surface area contributed by atoms with Crippen molar-refractivity contribution in [3.05, 3.63) is 64.8 Å². The van der Waals surface area contributed by atoms with Gasteiger partial charge in [-0.05, 0) is 35.7 Å². The Morgan fingerprint density at radius 2 is 2.08 bits per heavy atom. The number of aromatic amines is 1. The van der Waals surface area contributed by atoms with Gasteiger partial charge in [-0.3, -0.25) is 9.69 Å². The number of methoxy groups -OCH3 is 1. The zero-order chi connectivity index (χ0) is 17.8. The molecule has 0 spiro atoms. The maximum Gasteiger partial charge on any atom is 0.290 e. The van der Waals surface area contributed by atoms with E-state index < -0.39 is 0 Å². The van der Waals surface area contributed by atoms with Crippen molar-refractivity contribution in [3.63, 3.8) is 0 Å². The number of aromatic nitrogens is 1. The first-order valence-electron chi connectivity index (χ1n) is 8.18. The van der Waals surface area contributed by atoms with Gasteiger partial charge in [0.25, 0.3) is 6.47 Å². The molecule has 0 radical (unpaired) electrons.